The highest BCUT2D eigenvalue weighted by Gasteiger charge is 2.49. The number of fused-ring (bicyclic) bond motifs is 1. The van der Waals surface area contributed by atoms with Gasteiger partial charge in [0.15, 0.2) is 0 Å². The van der Waals surface area contributed by atoms with E-state index in [-0.39, 0.29) is 0 Å². The van der Waals surface area contributed by atoms with Crippen molar-refractivity contribution < 1.29 is 0 Å². The van der Waals surface area contributed by atoms with Crippen LogP contribution in [0.25, 0.3) is 0 Å². The normalized spacial score (nSPS) is 43.2. The van der Waals surface area contributed by atoms with Gasteiger partial charge in [0.25, 0.3) is 0 Å². The van der Waals surface area contributed by atoms with E-state index in [1.165, 1.54) is 38.5 Å². The van der Waals surface area contributed by atoms with Crippen LogP contribution in [0.15, 0.2) is 12.2 Å². The van der Waals surface area contributed by atoms with Gasteiger partial charge in [-0.2, -0.15) is 0 Å². The molecule has 0 aromatic rings. The van der Waals surface area contributed by atoms with Crippen molar-refractivity contribution in [3.8, 4) is 12.3 Å². The maximum atomic E-state index is 5.26. The summed E-state index contributed by atoms with van der Waals surface area (Å²) >= 11 is 0. The molecule has 2 aliphatic rings. The van der Waals surface area contributed by atoms with Crippen molar-refractivity contribution in [2.24, 2.45) is 23.2 Å². The molecule has 0 aliphatic heterocycles. The Hall–Kier alpha value is -0.700. The Morgan fingerprint density at radius 2 is 2.19 bits per heavy atom. The van der Waals surface area contributed by atoms with Gasteiger partial charge in [0.1, 0.15) is 0 Å². The maximum absolute atomic E-state index is 5.26. The van der Waals surface area contributed by atoms with Gasteiger partial charge in [0, 0.05) is 0 Å². The zero-order valence-electron chi connectivity index (χ0n) is 10.7. The average molecular weight is 216 g/mol. The SMILES string of the molecule is C#C/C=C/C[C@H]1CCC2C(C)CCC[C@@]21C. The highest BCUT2D eigenvalue weighted by molar-refractivity contribution is 5.10. The second-order valence-corrected chi connectivity index (χ2v) is 6.06. The van der Waals surface area contributed by atoms with Crippen LogP contribution in [0.5, 0.6) is 0 Å². The topological polar surface area (TPSA) is 0 Å². The fraction of sp³-hybridized carbons (Fsp3) is 0.750. The summed E-state index contributed by atoms with van der Waals surface area (Å²) in [4.78, 5) is 0. The molecule has 0 aromatic heterocycles. The third-order valence-electron chi connectivity index (χ3n) is 5.30. The molecule has 0 aromatic carbocycles. The predicted octanol–water partition coefficient (Wildman–Crippen LogP) is 4.42. The molecule has 0 heterocycles. The number of rotatable bonds is 2. The molecule has 0 bridgehead atoms. The lowest BCUT2D eigenvalue weighted by atomic mass is 9.61. The quantitative estimate of drug-likeness (QED) is 0.599. The first kappa shape index (κ1) is 11.8. The van der Waals surface area contributed by atoms with E-state index >= 15 is 0 Å². The lowest BCUT2D eigenvalue weighted by molar-refractivity contribution is 0.0601. The standard InChI is InChI=1S/C16H24/c1-4-5-6-9-14-10-11-15-13(2)8-7-12-16(14,15)3/h1,5-6,13-15H,7-12H2,2-3H3/b6-5+/t13?,14-,15?,16+/m0/s1. The largest absolute Gasteiger partial charge is 0.115 e. The molecule has 2 fully saturated rings. The lowest BCUT2D eigenvalue weighted by Crippen LogP contribution is -2.35. The van der Waals surface area contributed by atoms with Crippen molar-refractivity contribution in [1.29, 1.82) is 0 Å². The molecule has 88 valence electrons. The Morgan fingerprint density at radius 3 is 2.94 bits per heavy atom. The lowest BCUT2D eigenvalue weighted by Gasteiger charge is -2.44. The molecule has 0 amide bonds. The summed E-state index contributed by atoms with van der Waals surface area (Å²) in [7, 11) is 0. The molecule has 2 saturated carbocycles. The molecule has 4 atom stereocenters. The third kappa shape index (κ3) is 1.93. The van der Waals surface area contributed by atoms with Gasteiger partial charge in [-0.25, -0.2) is 0 Å². The molecule has 0 spiro atoms. The van der Waals surface area contributed by atoms with Crippen molar-refractivity contribution in [1.82, 2.24) is 0 Å². The second kappa shape index (κ2) is 4.66. The van der Waals surface area contributed by atoms with Crippen molar-refractivity contribution in [3.05, 3.63) is 12.2 Å². The predicted molar refractivity (Wildman–Crippen MR) is 69.9 cm³/mol. The monoisotopic (exact) mass is 216 g/mol. The van der Waals surface area contributed by atoms with Gasteiger partial charge in [-0.05, 0) is 54.9 Å². The number of terminal acetylenes is 1. The van der Waals surface area contributed by atoms with Crippen LogP contribution in [-0.2, 0) is 0 Å². The van der Waals surface area contributed by atoms with Gasteiger partial charge in [-0.1, -0.05) is 38.7 Å². The van der Waals surface area contributed by atoms with Crippen molar-refractivity contribution in [2.75, 3.05) is 0 Å². The summed E-state index contributed by atoms with van der Waals surface area (Å²) in [6.45, 7) is 5.00. The van der Waals surface area contributed by atoms with Crippen LogP contribution < -0.4 is 0 Å². The van der Waals surface area contributed by atoms with Gasteiger partial charge < -0.3 is 0 Å². The third-order valence-corrected chi connectivity index (χ3v) is 5.30. The first-order valence-corrected chi connectivity index (χ1v) is 6.79. The van der Waals surface area contributed by atoms with E-state index < -0.39 is 0 Å². The summed E-state index contributed by atoms with van der Waals surface area (Å²) in [5, 5.41) is 0. The second-order valence-electron chi connectivity index (χ2n) is 6.06. The van der Waals surface area contributed by atoms with E-state index in [0.29, 0.717) is 5.41 Å². The minimum Gasteiger partial charge on any atom is -0.115 e. The first-order valence-electron chi connectivity index (χ1n) is 6.79. The molecule has 0 heteroatoms. The molecule has 2 rings (SSSR count). The molecular formula is C16H24. The van der Waals surface area contributed by atoms with Gasteiger partial charge in [0.05, 0.1) is 0 Å². The molecule has 0 saturated heterocycles. The summed E-state index contributed by atoms with van der Waals surface area (Å²) in [6.07, 6.45) is 17.7. The molecule has 2 aliphatic carbocycles. The number of hydrogen-bond acceptors (Lipinski definition) is 0. The molecule has 0 nitrogen and oxygen atoms in total. The Balaban J connectivity index is 2.06. The van der Waals surface area contributed by atoms with Gasteiger partial charge >= 0.3 is 0 Å². The van der Waals surface area contributed by atoms with E-state index in [0.717, 1.165) is 17.8 Å². The summed E-state index contributed by atoms with van der Waals surface area (Å²) in [5.41, 5.74) is 0.608. The molecule has 2 unspecified atom stereocenters. The number of allylic oxidation sites excluding steroid dienone is 2. The average Bonchev–Trinajstić information content (AvgIpc) is 2.58. The van der Waals surface area contributed by atoms with E-state index in [2.05, 4.69) is 25.8 Å². The van der Waals surface area contributed by atoms with Gasteiger partial charge in [0.2, 0.25) is 0 Å². The fourth-order valence-electron chi connectivity index (χ4n) is 4.36. The highest BCUT2D eigenvalue weighted by atomic mass is 14.5. The van der Waals surface area contributed by atoms with E-state index in [1.807, 2.05) is 6.08 Å². The highest BCUT2D eigenvalue weighted by Crippen LogP contribution is 2.58. The Kier molecular flexibility index (Phi) is 3.43. The zero-order valence-corrected chi connectivity index (χ0v) is 10.7. The fourth-order valence-corrected chi connectivity index (χ4v) is 4.36. The van der Waals surface area contributed by atoms with E-state index in [9.17, 15) is 0 Å². The molecule has 16 heavy (non-hydrogen) atoms. The Labute approximate surface area is 101 Å². The summed E-state index contributed by atoms with van der Waals surface area (Å²) < 4.78 is 0. The minimum atomic E-state index is 0.608. The van der Waals surface area contributed by atoms with Crippen LogP contribution >= 0.6 is 0 Å². The van der Waals surface area contributed by atoms with Crippen molar-refractivity contribution >= 4 is 0 Å². The van der Waals surface area contributed by atoms with Crippen LogP contribution in [0.2, 0.25) is 0 Å². The van der Waals surface area contributed by atoms with Crippen molar-refractivity contribution in [2.45, 2.75) is 52.4 Å². The smallest absolute Gasteiger partial charge is 0.0161 e. The Bertz CT molecular complexity index is 306. The zero-order chi connectivity index (χ0) is 11.6. The van der Waals surface area contributed by atoms with Crippen molar-refractivity contribution in [3.63, 3.8) is 0 Å². The minimum absolute atomic E-state index is 0.608. The maximum Gasteiger partial charge on any atom is -0.0161 e. The summed E-state index contributed by atoms with van der Waals surface area (Å²) in [5.74, 6) is 5.41. The molecular weight excluding hydrogens is 192 g/mol. The molecule has 0 radical (unpaired) electrons. The molecule has 0 N–H and O–H groups in total. The van der Waals surface area contributed by atoms with Crippen LogP contribution in [0.3, 0.4) is 0 Å². The Morgan fingerprint density at radius 1 is 1.38 bits per heavy atom. The van der Waals surface area contributed by atoms with Crippen LogP contribution in [-0.4, -0.2) is 0 Å². The van der Waals surface area contributed by atoms with E-state index in [1.54, 1.807) is 0 Å². The van der Waals surface area contributed by atoms with Gasteiger partial charge in [-0.15, -0.1) is 6.42 Å². The van der Waals surface area contributed by atoms with Crippen LogP contribution in [0, 0.1) is 35.5 Å². The number of hydrogen-bond donors (Lipinski definition) is 0. The van der Waals surface area contributed by atoms with Crippen LogP contribution in [0.4, 0.5) is 0 Å². The van der Waals surface area contributed by atoms with Crippen LogP contribution in [0.1, 0.15) is 52.4 Å². The first-order chi connectivity index (χ1) is 7.68. The van der Waals surface area contributed by atoms with E-state index in [4.69, 9.17) is 6.42 Å². The van der Waals surface area contributed by atoms with Gasteiger partial charge in [-0.3, -0.25) is 0 Å². The summed E-state index contributed by atoms with van der Waals surface area (Å²) in [6, 6.07) is 0.